The third kappa shape index (κ3) is 12.2. The van der Waals surface area contributed by atoms with Crippen molar-refractivity contribution in [2.45, 2.75) is 19.4 Å². The Bertz CT molecular complexity index is 2520. The number of thiophene rings is 1. The van der Waals surface area contributed by atoms with Crippen LogP contribution in [-0.2, 0) is 25.7 Å². The molecule has 6 rings (SSSR count). The first-order chi connectivity index (χ1) is 28.3. The van der Waals surface area contributed by atoms with Crippen LogP contribution in [0.1, 0.15) is 12.8 Å². The van der Waals surface area contributed by atoms with Gasteiger partial charge < -0.3 is 44.7 Å². The third-order valence-electron chi connectivity index (χ3n) is 8.26. The molecule has 0 saturated heterocycles. The number of carbonyl (C=O) groups excluding carboxylic acids is 3. The fourth-order valence-electron chi connectivity index (χ4n) is 5.45. The minimum Gasteiger partial charge on any atom is -0.495 e. The highest BCUT2D eigenvalue weighted by atomic mass is 32.1. The van der Waals surface area contributed by atoms with Gasteiger partial charge in [-0.25, -0.2) is 4.39 Å². The molecular weight excluding hydrogens is 784 g/mol. The van der Waals surface area contributed by atoms with E-state index in [1.807, 2.05) is 31.3 Å². The zero-order valence-electron chi connectivity index (χ0n) is 32.5. The smallest absolute Gasteiger partial charge is 0.312 e. The number of aliphatic carboxylic acids is 1. The summed E-state index contributed by atoms with van der Waals surface area (Å²) in [5, 5.41) is 16.0. The van der Waals surface area contributed by atoms with Gasteiger partial charge in [0.1, 0.15) is 30.1 Å². The minimum absolute atomic E-state index is 0.0448. The summed E-state index contributed by atoms with van der Waals surface area (Å²) in [5.41, 5.74) is 2.53. The molecule has 17 heteroatoms. The summed E-state index contributed by atoms with van der Waals surface area (Å²) in [6.07, 6.45) is 2.37. The Kier molecular flexibility index (Phi) is 14.8. The summed E-state index contributed by atoms with van der Waals surface area (Å²) in [7, 11) is 6.86. The van der Waals surface area contributed by atoms with Crippen LogP contribution >= 0.6 is 11.3 Å². The van der Waals surface area contributed by atoms with Crippen molar-refractivity contribution in [2.75, 3.05) is 50.8 Å². The minimum atomic E-state index is -1.16. The first kappa shape index (κ1) is 43.0. The first-order valence-corrected chi connectivity index (χ1v) is 18.7. The number of nitrogens with zero attached hydrogens (tertiary/aromatic N) is 3. The Labute approximate surface area is 342 Å². The van der Waals surface area contributed by atoms with E-state index in [1.165, 1.54) is 37.7 Å². The first-order valence-electron chi connectivity index (χ1n) is 17.9. The maximum atomic E-state index is 15.1. The van der Waals surface area contributed by atoms with Gasteiger partial charge in [-0.05, 0) is 62.6 Å². The van der Waals surface area contributed by atoms with Crippen LogP contribution in [0, 0.1) is 5.82 Å². The van der Waals surface area contributed by atoms with Gasteiger partial charge >= 0.3 is 5.97 Å². The highest BCUT2D eigenvalue weighted by molar-refractivity contribution is 7.22. The van der Waals surface area contributed by atoms with E-state index >= 15 is 4.39 Å². The monoisotopic (exact) mass is 824 g/mol. The van der Waals surface area contributed by atoms with Crippen molar-refractivity contribution in [1.82, 2.24) is 14.5 Å². The number of benzene rings is 3. The second-order valence-corrected chi connectivity index (χ2v) is 14.0. The number of pyridine rings is 2. The largest absolute Gasteiger partial charge is 0.495 e. The predicted octanol–water partition coefficient (Wildman–Crippen LogP) is 6.70. The number of nitrogens with one attached hydrogen (secondary N) is 3. The number of carboxylic acids is 1. The topological polar surface area (TPSA) is 190 Å². The van der Waals surface area contributed by atoms with Gasteiger partial charge in [-0.3, -0.25) is 29.0 Å². The van der Waals surface area contributed by atoms with E-state index in [4.69, 9.17) is 19.3 Å². The number of fused-ring (bicyclic) bond motifs is 1. The normalized spacial score (nSPS) is 10.6. The second-order valence-electron chi connectivity index (χ2n) is 12.9. The molecule has 6 aromatic rings. The Hall–Kier alpha value is -7.11. The number of amides is 3. The summed E-state index contributed by atoms with van der Waals surface area (Å²) < 4.78 is 33.6. The Balaban J connectivity index is 0.000000372. The Morgan fingerprint density at radius 3 is 2.02 bits per heavy atom. The van der Waals surface area contributed by atoms with E-state index in [1.54, 1.807) is 77.5 Å². The zero-order chi connectivity index (χ0) is 42.5. The predicted molar refractivity (Wildman–Crippen MR) is 223 cm³/mol. The number of aromatic nitrogens is 2. The highest BCUT2D eigenvalue weighted by Crippen LogP contribution is 2.39. The Morgan fingerprint density at radius 2 is 1.41 bits per heavy atom. The molecule has 306 valence electrons. The number of carboxylic acid groups (broad SMARTS) is 1. The lowest BCUT2D eigenvalue weighted by atomic mass is 10.2. The van der Waals surface area contributed by atoms with E-state index in [0.717, 1.165) is 23.1 Å². The summed E-state index contributed by atoms with van der Waals surface area (Å²) in [6.45, 7) is 1.28. The molecule has 3 aromatic heterocycles. The van der Waals surface area contributed by atoms with Crippen LogP contribution < -0.4 is 35.7 Å². The molecule has 0 aliphatic rings. The van der Waals surface area contributed by atoms with E-state index in [-0.39, 0.29) is 17.0 Å². The van der Waals surface area contributed by atoms with Crippen molar-refractivity contribution in [3.8, 4) is 33.4 Å². The van der Waals surface area contributed by atoms with Gasteiger partial charge in [-0.15, -0.1) is 11.3 Å². The van der Waals surface area contributed by atoms with Crippen molar-refractivity contribution >= 4 is 62.3 Å². The zero-order valence-corrected chi connectivity index (χ0v) is 33.3. The molecular formula is C42H41FN6O9S. The molecule has 0 fully saturated rings. The Morgan fingerprint density at radius 1 is 0.780 bits per heavy atom. The van der Waals surface area contributed by atoms with E-state index in [9.17, 15) is 24.0 Å². The number of ether oxygens (including phenoxy) is 3. The van der Waals surface area contributed by atoms with Crippen LogP contribution in [0.2, 0.25) is 0 Å². The second kappa shape index (κ2) is 20.4. The highest BCUT2D eigenvalue weighted by Gasteiger charge is 2.16. The quantitative estimate of drug-likeness (QED) is 0.0806. The van der Waals surface area contributed by atoms with Crippen molar-refractivity contribution in [1.29, 1.82) is 0 Å². The molecule has 4 N–H and O–H groups in total. The maximum absolute atomic E-state index is 15.1. The molecule has 59 heavy (non-hydrogen) atoms. The van der Waals surface area contributed by atoms with Crippen molar-refractivity contribution < 1.29 is 42.9 Å². The van der Waals surface area contributed by atoms with Crippen LogP contribution in [0.25, 0.3) is 20.7 Å². The lowest BCUT2D eigenvalue weighted by Crippen LogP contribution is -2.25. The van der Waals surface area contributed by atoms with Gasteiger partial charge in [0, 0.05) is 59.8 Å². The molecule has 0 unspecified atom stereocenters. The lowest BCUT2D eigenvalue weighted by Gasteiger charge is -2.12. The number of carbonyl (C=O) groups is 4. The van der Waals surface area contributed by atoms with Crippen molar-refractivity contribution in [3.05, 3.63) is 120 Å². The average molecular weight is 825 g/mol. The number of methoxy groups -OCH3 is 2. The van der Waals surface area contributed by atoms with Crippen LogP contribution in [0.5, 0.6) is 23.0 Å². The molecule has 0 bridgehead atoms. The van der Waals surface area contributed by atoms with Crippen LogP contribution in [-0.4, -0.2) is 78.1 Å². The molecule has 3 amide bonds. The number of halogens is 1. The van der Waals surface area contributed by atoms with E-state index in [0.29, 0.717) is 45.4 Å². The summed E-state index contributed by atoms with van der Waals surface area (Å²) in [6, 6.07) is 24.5. The molecule has 0 spiro atoms. The number of hydrogen-bond donors (Lipinski definition) is 4. The fraction of sp³-hybridized carbons (Fsp3) is 0.190. The molecule has 3 heterocycles. The summed E-state index contributed by atoms with van der Waals surface area (Å²) >= 11 is 1.42. The van der Waals surface area contributed by atoms with E-state index < -0.39 is 42.3 Å². The molecule has 0 aliphatic carbocycles. The molecule has 0 atom stereocenters. The van der Waals surface area contributed by atoms with Gasteiger partial charge in [0.2, 0.25) is 17.7 Å². The lowest BCUT2D eigenvalue weighted by molar-refractivity contribution is -0.139. The SMILES string of the molecule is COc1ccccc1NC(=O)CC(=O)Nc1ccc(Oc2ccnc3cc(-c4ccc(=O)n(CCN(C)C)c4)sc23)c(F)c1.COc1ccccc1NC(=O)CC(=O)O. The standard InChI is InChI=1S/C32H30FN5O5S.C10H11NO4/c1-37(2)14-15-38-19-20(8-11-31(38)41)28-17-24-32(44-28)27(12-13-34-24)43-25-10-9-21(16-22(25)33)35-29(39)18-30(40)36-23-6-4-5-7-26(23)42-3;1-15-8-5-3-2-4-7(8)11-9(12)6-10(13)14/h4-13,16-17,19H,14-15,18H2,1-3H3,(H,35,39)(H,36,40);2-5H,6H2,1H3,(H,11,12)(H,13,14). The summed E-state index contributed by atoms with van der Waals surface area (Å²) in [5.74, 6) is -2.27. The van der Waals surface area contributed by atoms with Crippen LogP contribution in [0.4, 0.5) is 21.5 Å². The van der Waals surface area contributed by atoms with Gasteiger partial charge in [0.25, 0.3) is 5.56 Å². The van der Waals surface area contributed by atoms with E-state index in [2.05, 4.69) is 20.9 Å². The number of anilines is 3. The number of hydrogen-bond acceptors (Lipinski definition) is 11. The third-order valence-corrected chi connectivity index (χ3v) is 9.45. The van der Waals surface area contributed by atoms with Crippen LogP contribution in [0.15, 0.2) is 108 Å². The fourth-order valence-corrected chi connectivity index (χ4v) is 6.51. The summed E-state index contributed by atoms with van der Waals surface area (Å²) in [4.78, 5) is 65.9. The average Bonchev–Trinajstić information content (AvgIpc) is 3.64. The maximum Gasteiger partial charge on any atom is 0.312 e. The molecule has 0 saturated carbocycles. The van der Waals surface area contributed by atoms with Gasteiger partial charge in [-0.1, -0.05) is 24.3 Å². The van der Waals surface area contributed by atoms with Crippen molar-refractivity contribution in [3.63, 3.8) is 0 Å². The van der Waals surface area contributed by atoms with Crippen molar-refractivity contribution in [2.24, 2.45) is 0 Å². The van der Waals surface area contributed by atoms with Gasteiger partial charge in [0.05, 0.1) is 35.8 Å². The van der Waals surface area contributed by atoms with Gasteiger partial charge in [-0.2, -0.15) is 0 Å². The molecule has 0 aliphatic heterocycles. The van der Waals surface area contributed by atoms with Crippen LogP contribution in [0.3, 0.4) is 0 Å². The number of rotatable bonds is 15. The molecule has 3 aromatic carbocycles. The number of likely N-dealkylation sites (N-methyl/N-ethyl adjacent to an activating group) is 1. The van der Waals surface area contributed by atoms with Gasteiger partial charge in [0.15, 0.2) is 11.6 Å². The molecule has 0 radical (unpaired) electrons. The number of para-hydroxylation sites is 4. The molecule has 15 nitrogen and oxygen atoms in total.